The molecule has 0 saturated carbocycles. The third-order valence-electron chi connectivity index (χ3n) is 2.34. The van der Waals surface area contributed by atoms with Gasteiger partial charge in [-0.2, -0.15) is 0 Å². The van der Waals surface area contributed by atoms with Crippen molar-refractivity contribution in [3.05, 3.63) is 29.8 Å². The maximum absolute atomic E-state index is 3.46. The lowest BCUT2D eigenvalue weighted by Crippen LogP contribution is -2.18. The quantitative estimate of drug-likeness (QED) is 0.561. The highest BCUT2D eigenvalue weighted by atomic mass is 32.2. The van der Waals surface area contributed by atoms with Gasteiger partial charge in [-0.1, -0.05) is 31.5 Å². The van der Waals surface area contributed by atoms with Gasteiger partial charge < -0.3 is 5.32 Å². The van der Waals surface area contributed by atoms with E-state index in [9.17, 15) is 0 Å². The van der Waals surface area contributed by atoms with Crippen LogP contribution in [0.1, 0.15) is 25.3 Å². The third kappa shape index (κ3) is 5.24. The number of hydrogen-bond donors (Lipinski definition) is 1. The summed E-state index contributed by atoms with van der Waals surface area (Å²) in [5, 5.41) is 3.46. The van der Waals surface area contributed by atoms with Crippen LogP contribution in [0.25, 0.3) is 0 Å². The van der Waals surface area contributed by atoms with Crippen molar-refractivity contribution in [3.63, 3.8) is 0 Å². The van der Waals surface area contributed by atoms with Crippen LogP contribution in [0.15, 0.2) is 29.2 Å². The molecule has 1 aromatic rings. The van der Waals surface area contributed by atoms with Crippen molar-refractivity contribution in [2.45, 2.75) is 31.6 Å². The largest absolute Gasteiger partial charge is 0.316 e. The van der Waals surface area contributed by atoms with Gasteiger partial charge >= 0.3 is 0 Å². The zero-order valence-electron chi connectivity index (χ0n) is 9.75. The molecule has 0 unspecified atom stereocenters. The molecular weight excluding hydrogens is 202 g/mol. The lowest BCUT2D eigenvalue weighted by atomic mass is 10.2. The number of thioether (sulfide) groups is 1. The first-order chi connectivity index (χ1) is 7.34. The molecular formula is C13H21NS. The Hall–Kier alpha value is -0.470. The summed E-state index contributed by atoms with van der Waals surface area (Å²) < 4.78 is 0. The summed E-state index contributed by atoms with van der Waals surface area (Å²) in [4.78, 5) is 1.41. The second-order valence-electron chi connectivity index (χ2n) is 3.72. The Morgan fingerprint density at radius 1 is 1.20 bits per heavy atom. The van der Waals surface area contributed by atoms with E-state index in [0.29, 0.717) is 0 Å². The number of nitrogens with one attached hydrogen (secondary N) is 1. The summed E-state index contributed by atoms with van der Waals surface area (Å²) in [7, 11) is 0. The van der Waals surface area contributed by atoms with Gasteiger partial charge in [0.25, 0.3) is 0 Å². The zero-order chi connectivity index (χ0) is 10.9. The van der Waals surface area contributed by atoms with E-state index in [1.165, 1.54) is 23.3 Å². The van der Waals surface area contributed by atoms with Crippen molar-refractivity contribution in [2.75, 3.05) is 18.8 Å². The van der Waals surface area contributed by atoms with E-state index in [-0.39, 0.29) is 0 Å². The van der Waals surface area contributed by atoms with E-state index in [1.54, 1.807) is 0 Å². The normalized spacial score (nSPS) is 10.5. The van der Waals surface area contributed by atoms with Crippen LogP contribution in [0.4, 0.5) is 0 Å². The van der Waals surface area contributed by atoms with Crippen LogP contribution < -0.4 is 5.32 Å². The highest BCUT2D eigenvalue weighted by Gasteiger charge is 1.96. The van der Waals surface area contributed by atoms with E-state index in [4.69, 9.17) is 0 Å². The maximum Gasteiger partial charge on any atom is 0.0106 e. The first kappa shape index (κ1) is 12.6. The summed E-state index contributed by atoms with van der Waals surface area (Å²) in [5.41, 5.74) is 1.39. The molecule has 1 rings (SSSR count). The highest BCUT2D eigenvalue weighted by molar-refractivity contribution is 7.99. The monoisotopic (exact) mass is 223 g/mol. The molecule has 0 amide bonds. The van der Waals surface area contributed by atoms with Crippen molar-refractivity contribution in [3.8, 4) is 0 Å². The number of hydrogen-bond acceptors (Lipinski definition) is 2. The second kappa shape index (κ2) is 7.77. The van der Waals surface area contributed by atoms with E-state index in [0.717, 1.165) is 18.8 Å². The predicted molar refractivity (Wildman–Crippen MR) is 69.7 cm³/mol. The van der Waals surface area contributed by atoms with Gasteiger partial charge in [0.1, 0.15) is 0 Å². The van der Waals surface area contributed by atoms with Crippen LogP contribution in [0, 0.1) is 6.92 Å². The average Bonchev–Trinajstić information content (AvgIpc) is 2.25. The minimum Gasteiger partial charge on any atom is -0.316 e. The zero-order valence-corrected chi connectivity index (χ0v) is 10.6. The second-order valence-corrected chi connectivity index (χ2v) is 4.85. The fourth-order valence-electron chi connectivity index (χ4n) is 1.38. The Balaban J connectivity index is 2.12. The smallest absolute Gasteiger partial charge is 0.0106 e. The summed E-state index contributed by atoms with van der Waals surface area (Å²) in [6.45, 7) is 6.67. The molecule has 1 N–H and O–H groups in total. The lowest BCUT2D eigenvalue weighted by Gasteiger charge is -2.06. The van der Waals surface area contributed by atoms with Crippen molar-refractivity contribution in [1.29, 1.82) is 0 Å². The van der Waals surface area contributed by atoms with Gasteiger partial charge in [0.15, 0.2) is 0 Å². The molecule has 0 bridgehead atoms. The van der Waals surface area contributed by atoms with Gasteiger partial charge in [0, 0.05) is 17.2 Å². The lowest BCUT2D eigenvalue weighted by molar-refractivity contribution is 0.666. The molecule has 0 aromatic heterocycles. The number of aryl methyl sites for hydroxylation is 1. The van der Waals surface area contributed by atoms with Crippen LogP contribution >= 0.6 is 11.8 Å². The fourth-order valence-corrected chi connectivity index (χ4v) is 2.32. The molecule has 0 atom stereocenters. The molecule has 0 radical (unpaired) electrons. The predicted octanol–water partition coefficient (Wildman–Crippen LogP) is 3.48. The number of benzene rings is 1. The molecule has 1 nitrogen and oxygen atoms in total. The SMILES string of the molecule is CCCCNCCSc1ccccc1C. The summed E-state index contributed by atoms with van der Waals surface area (Å²) >= 11 is 1.94. The van der Waals surface area contributed by atoms with Crippen LogP contribution in [-0.4, -0.2) is 18.8 Å². The van der Waals surface area contributed by atoms with Gasteiger partial charge in [-0.05, 0) is 31.5 Å². The van der Waals surface area contributed by atoms with Crippen molar-refractivity contribution < 1.29 is 0 Å². The molecule has 15 heavy (non-hydrogen) atoms. The van der Waals surface area contributed by atoms with E-state index >= 15 is 0 Å². The van der Waals surface area contributed by atoms with Gasteiger partial charge in [-0.3, -0.25) is 0 Å². The average molecular weight is 223 g/mol. The highest BCUT2D eigenvalue weighted by Crippen LogP contribution is 2.20. The standard InChI is InChI=1S/C13H21NS/c1-3-4-9-14-10-11-15-13-8-6-5-7-12(13)2/h5-8,14H,3-4,9-11H2,1-2H3. The van der Waals surface area contributed by atoms with Gasteiger partial charge in [0.05, 0.1) is 0 Å². The van der Waals surface area contributed by atoms with Crippen LogP contribution in [0.3, 0.4) is 0 Å². The summed E-state index contributed by atoms with van der Waals surface area (Å²) in [6, 6.07) is 8.58. The van der Waals surface area contributed by atoms with Gasteiger partial charge in [-0.25, -0.2) is 0 Å². The van der Waals surface area contributed by atoms with E-state index < -0.39 is 0 Å². The first-order valence-electron chi connectivity index (χ1n) is 5.73. The van der Waals surface area contributed by atoms with Crippen molar-refractivity contribution in [2.24, 2.45) is 0 Å². The Labute approximate surface area is 97.7 Å². The Morgan fingerprint density at radius 3 is 2.73 bits per heavy atom. The molecule has 0 aliphatic carbocycles. The summed E-state index contributed by atoms with van der Waals surface area (Å²) in [5.74, 6) is 1.16. The Bertz CT molecular complexity index is 273. The minimum atomic E-state index is 1.11. The van der Waals surface area contributed by atoms with Gasteiger partial charge in [-0.15, -0.1) is 11.8 Å². The topological polar surface area (TPSA) is 12.0 Å². The molecule has 0 aliphatic heterocycles. The Morgan fingerprint density at radius 2 is 2.00 bits per heavy atom. The molecule has 0 saturated heterocycles. The van der Waals surface area contributed by atoms with Crippen LogP contribution in [-0.2, 0) is 0 Å². The van der Waals surface area contributed by atoms with Crippen LogP contribution in [0.5, 0.6) is 0 Å². The summed E-state index contributed by atoms with van der Waals surface area (Å²) in [6.07, 6.45) is 2.56. The molecule has 0 fully saturated rings. The van der Waals surface area contributed by atoms with Crippen molar-refractivity contribution in [1.82, 2.24) is 5.32 Å². The third-order valence-corrected chi connectivity index (χ3v) is 3.51. The molecule has 0 spiro atoms. The van der Waals surface area contributed by atoms with Gasteiger partial charge in [0.2, 0.25) is 0 Å². The Kier molecular flexibility index (Phi) is 6.53. The van der Waals surface area contributed by atoms with Crippen molar-refractivity contribution >= 4 is 11.8 Å². The molecule has 1 aromatic carbocycles. The molecule has 0 heterocycles. The van der Waals surface area contributed by atoms with Crippen LogP contribution in [0.2, 0.25) is 0 Å². The first-order valence-corrected chi connectivity index (χ1v) is 6.72. The fraction of sp³-hybridized carbons (Fsp3) is 0.538. The van der Waals surface area contributed by atoms with E-state index in [1.807, 2.05) is 11.8 Å². The van der Waals surface area contributed by atoms with E-state index in [2.05, 4.69) is 43.4 Å². The number of unbranched alkanes of at least 4 members (excludes halogenated alkanes) is 1. The molecule has 2 heteroatoms. The minimum absolute atomic E-state index is 1.11. The maximum atomic E-state index is 3.46. The number of rotatable bonds is 7. The molecule has 0 aliphatic rings. The molecule has 84 valence electrons.